The number of rotatable bonds is 5. The fraction of sp³-hybridized carbons (Fsp3) is 0.429. The summed E-state index contributed by atoms with van der Waals surface area (Å²) in [6.07, 6.45) is 1.72. The molecule has 0 spiro atoms. The first-order valence-electron chi connectivity index (χ1n) is 6.56. The molecule has 6 heteroatoms. The first-order valence-corrected chi connectivity index (χ1v) is 6.56. The van der Waals surface area contributed by atoms with Crippen LogP contribution < -0.4 is 4.74 Å². The van der Waals surface area contributed by atoms with Gasteiger partial charge in [-0.15, -0.1) is 0 Å². The number of aliphatic carboxylic acids is 1. The van der Waals surface area contributed by atoms with E-state index in [4.69, 9.17) is 9.84 Å². The smallest absolute Gasteiger partial charge is 0.341 e. The Balaban J connectivity index is 1.99. The molecule has 0 bridgehead atoms. The van der Waals surface area contributed by atoms with Crippen LogP contribution in [0.2, 0.25) is 0 Å². The fourth-order valence-electron chi connectivity index (χ4n) is 1.91. The van der Waals surface area contributed by atoms with Gasteiger partial charge < -0.3 is 14.7 Å². The molecule has 2 rings (SSSR count). The molecule has 1 aliphatic rings. The Morgan fingerprint density at radius 2 is 2.05 bits per heavy atom. The van der Waals surface area contributed by atoms with Crippen LogP contribution in [0.25, 0.3) is 0 Å². The Morgan fingerprint density at radius 3 is 2.75 bits per heavy atom. The average Bonchev–Trinajstić information content (AvgIpc) is 2.45. The van der Waals surface area contributed by atoms with Gasteiger partial charge in [0.15, 0.2) is 6.61 Å². The van der Waals surface area contributed by atoms with E-state index in [1.807, 2.05) is 23.2 Å². The Morgan fingerprint density at radius 1 is 1.35 bits per heavy atom. The van der Waals surface area contributed by atoms with Crippen molar-refractivity contribution in [3.63, 3.8) is 0 Å². The second-order valence-electron chi connectivity index (χ2n) is 4.72. The molecule has 108 valence electrons. The summed E-state index contributed by atoms with van der Waals surface area (Å²) in [5, 5.41) is 15.1. The highest BCUT2D eigenvalue weighted by Gasteiger charge is 2.11. The molecule has 0 saturated carbocycles. The summed E-state index contributed by atoms with van der Waals surface area (Å²) in [7, 11) is 2.09. The van der Waals surface area contributed by atoms with E-state index in [9.17, 15) is 4.79 Å². The van der Waals surface area contributed by atoms with E-state index in [2.05, 4.69) is 17.0 Å². The predicted octanol–water partition coefficient (Wildman–Crippen LogP) is 0.731. The number of benzene rings is 1. The number of carboxylic acid groups (broad SMARTS) is 1. The normalized spacial score (nSPS) is 16.6. The molecule has 1 N–H and O–H groups in total. The summed E-state index contributed by atoms with van der Waals surface area (Å²) in [6, 6.07) is 7.29. The number of carbonyl (C=O) groups is 1. The second-order valence-corrected chi connectivity index (χ2v) is 4.72. The number of ether oxygens (including phenoxy) is 1. The zero-order valence-electron chi connectivity index (χ0n) is 11.5. The molecule has 1 heterocycles. The van der Waals surface area contributed by atoms with Gasteiger partial charge in [-0.2, -0.15) is 5.10 Å². The molecule has 1 aromatic carbocycles. The van der Waals surface area contributed by atoms with Crippen LogP contribution in [0.1, 0.15) is 5.56 Å². The summed E-state index contributed by atoms with van der Waals surface area (Å²) in [6.45, 7) is 3.43. The van der Waals surface area contributed by atoms with Crippen LogP contribution in [-0.4, -0.2) is 67.0 Å². The van der Waals surface area contributed by atoms with Crippen LogP contribution in [0.5, 0.6) is 5.75 Å². The van der Waals surface area contributed by atoms with Gasteiger partial charge in [0.25, 0.3) is 0 Å². The van der Waals surface area contributed by atoms with Crippen molar-refractivity contribution in [2.24, 2.45) is 5.10 Å². The molecule has 0 aliphatic carbocycles. The molecule has 0 amide bonds. The van der Waals surface area contributed by atoms with E-state index >= 15 is 0 Å². The topological polar surface area (TPSA) is 65.4 Å². The van der Waals surface area contributed by atoms with E-state index in [0.29, 0.717) is 5.75 Å². The van der Waals surface area contributed by atoms with Crippen molar-refractivity contribution in [2.45, 2.75) is 0 Å². The van der Waals surface area contributed by atoms with Crippen molar-refractivity contribution < 1.29 is 14.6 Å². The Hall–Kier alpha value is -2.08. The minimum atomic E-state index is -0.990. The molecule has 1 fully saturated rings. The van der Waals surface area contributed by atoms with Gasteiger partial charge in [0.05, 0.1) is 6.21 Å². The number of hydrazone groups is 1. The molecule has 0 unspecified atom stereocenters. The summed E-state index contributed by atoms with van der Waals surface area (Å²) in [4.78, 5) is 12.8. The monoisotopic (exact) mass is 277 g/mol. The lowest BCUT2D eigenvalue weighted by Crippen LogP contribution is -2.41. The fourth-order valence-corrected chi connectivity index (χ4v) is 1.91. The van der Waals surface area contributed by atoms with Crippen molar-refractivity contribution in [1.82, 2.24) is 9.91 Å². The van der Waals surface area contributed by atoms with Gasteiger partial charge in [-0.1, -0.05) is 12.1 Å². The average molecular weight is 277 g/mol. The van der Waals surface area contributed by atoms with E-state index in [-0.39, 0.29) is 6.61 Å². The molecule has 1 saturated heterocycles. The van der Waals surface area contributed by atoms with Gasteiger partial charge in [0.1, 0.15) is 5.75 Å². The van der Waals surface area contributed by atoms with E-state index in [0.717, 1.165) is 31.7 Å². The number of nitrogens with zero attached hydrogens (tertiary/aromatic N) is 3. The summed E-state index contributed by atoms with van der Waals surface area (Å²) >= 11 is 0. The van der Waals surface area contributed by atoms with Gasteiger partial charge in [-0.25, -0.2) is 4.79 Å². The van der Waals surface area contributed by atoms with E-state index in [1.54, 1.807) is 12.3 Å². The van der Waals surface area contributed by atoms with Crippen LogP contribution >= 0.6 is 0 Å². The highest BCUT2D eigenvalue weighted by molar-refractivity contribution is 5.83. The molecular weight excluding hydrogens is 258 g/mol. The molecule has 20 heavy (non-hydrogen) atoms. The van der Waals surface area contributed by atoms with Crippen molar-refractivity contribution in [3.8, 4) is 5.75 Å². The highest BCUT2D eigenvalue weighted by atomic mass is 16.5. The number of likely N-dealkylation sites (N-methyl/N-ethyl adjacent to an activating group) is 1. The second kappa shape index (κ2) is 6.91. The third kappa shape index (κ3) is 4.24. The number of para-hydroxylation sites is 1. The van der Waals surface area contributed by atoms with Gasteiger partial charge in [-0.3, -0.25) is 5.01 Å². The first kappa shape index (κ1) is 14.3. The van der Waals surface area contributed by atoms with Crippen LogP contribution in [0, 0.1) is 0 Å². The van der Waals surface area contributed by atoms with Gasteiger partial charge in [0, 0.05) is 31.7 Å². The zero-order chi connectivity index (χ0) is 14.4. The summed E-state index contributed by atoms with van der Waals surface area (Å²) in [5.74, 6) is -0.455. The molecule has 0 aromatic heterocycles. The lowest BCUT2D eigenvalue weighted by Gasteiger charge is -2.30. The van der Waals surface area contributed by atoms with Crippen molar-refractivity contribution in [3.05, 3.63) is 29.8 Å². The van der Waals surface area contributed by atoms with Crippen molar-refractivity contribution >= 4 is 12.2 Å². The molecule has 0 atom stereocenters. The van der Waals surface area contributed by atoms with Crippen LogP contribution in [0.4, 0.5) is 0 Å². The quantitative estimate of drug-likeness (QED) is 0.804. The highest BCUT2D eigenvalue weighted by Crippen LogP contribution is 2.16. The Bertz CT molecular complexity index is 482. The number of hydrogen-bond donors (Lipinski definition) is 1. The Labute approximate surface area is 118 Å². The van der Waals surface area contributed by atoms with Crippen molar-refractivity contribution in [1.29, 1.82) is 0 Å². The minimum absolute atomic E-state index is 0.348. The maximum Gasteiger partial charge on any atom is 0.341 e. The summed E-state index contributed by atoms with van der Waals surface area (Å²) in [5.41, 5.74) is 0.785. The Kier molecular flexibility index (Phi) is 4.95. The standard InChI is InChI=1S/C14H19N3O3/c1-16-6-8-17(9-7-16)15-10-12-4-2-3-5-13(12)20-11-14(18)19/h2-5,10H,6-9,11H2,1H3,(H,18,19)/b15-10+. The molecular formula is C14H19N3O3. The van der Waals surface area contributed by atoms with Crippen LogP contribution in [-0.2, 0) is 4.79 Å². The van der Waals surface area contributed by atoms with Crippen LogP contribution in [0.3, 0.4) is 0 Å². The van der Waals surface area contributed by atoms with E-state index < -0.39 is 5.97 Å². The van der Waals surface area contributed by atoms with E-state index in [1.165, 1.54) is 0 Å². The molecule has 1 aliphatic heterocycles. The maximum absolute atomic E-state index is 10.5. The third-order valence-corrected chi connectivity index (χ3v) is 3.11. The predicted molar refractivity (Wildman–Crippen MR) is 76.2 cm³/mol. The number of hydrogen-bond acceptors (Lipinski definition) is 5. The van der Waals surface area contributed by atoms with Crippen molar-refractivity contribution in [2.75, 3.05) is 39.8 Å². The zero-order valence-corrected chi connectivity index (χ0v) is 11.5. The first-order chi connectivity index (χ1) is 9.65. The van der Waals surface area contributed by atoms with Crippen LogP contribution in [0.15, 0.2) is 29.4 Å². The minimum Gasteiger partial charge on any atom is -0.481 e. The molecule has 6 nitrogen and oxygen atoms in total. The maximum atomic E-state index is 10.5. The number of piperazine rings is 1. The largest absolute Gasteiger partial charge is 0.481 e. The van der Waals surface area contributed by atoms with Gasteiger partial charge in [-0.05, 0) is 19.2 Å². The molecule has 1 aromatic rings. The van der Waals surface area contributed by atoms with Gasteiger partial charge in [0.2, 0.25) is 0 Å². The SMILES string of the molecule is CN1CCN(/N=C/c2ccccc2OCC(=O)O)CC1. The lowest BCUT2D eigenvalue weighted by molar-refractivity contribution is -0.139. The number of carboxylic acids is 1. The lowest BCUT2D eigenvalue weighted by atomic mass is 10.2. The molecule has 0 radical (unpaired) electrons. The summed E-state index contributed by atoms with van der Waals surface area (Å²) < 4.78 is 5.24. The van der Waals surface area contributed by atoms with Gasteiger partial charge >= 0.3 is 5.97 Å². The third-order valence-electron chi connectivity index (χ3n) is 3.11.